The van der Waals surface area contributed by atoms with Crippen LogP contribution in [-0.2, 0) is 4.79 Å². The highest BCUT2D eigenvalue weighted by atomic mass is 16.4. The molecule has 0 radical (unpaired) electrons. The van der Waals surface area contributed by atoms with Gasteiger partial charge in [-0.3, -0.25) is 4.79 Å². The summed E-state index contributed by atoms with van der Waals surface area (Å²) >= 11 is 0. The fourth-order valence-corrected chi connectivity index (χ4v) is 3.10. The molecule has 0 aromatic rings. The van der Waals surface area contributed by atoms with Crippen molar-refractivity contribution in [3.05, 3.63) is 0 Å². The van der Waals surface area contributed by atoms with Crippen molar-refractivity contribution in [1.82, 2.24) is 10.2 Å². The fraction of sp³-hybridized carbons (Fsp3) is 0.909. The molecule has 2 saturated heterocycles. The standard InChI is InChI=1S/C11H20N2O2/c1-2-12-11(10(14)15)5-7-13-6-3-4-9(11)8-13/h9,12H,2-8H2,1H3,(H,14,15). The van der Waals surface area contributed by atoms with Crippen LogP contribution in [0.1, 0.15) is 26.2 Å². The summed E-state index contributed by atoms with van der Waals surface area (Å²) in [6.45, 7) is 5.76. The average molecular weight is 212 g/mol. The van der Waals surface area contributed by atoms with E-state index in [0.717, 1.165) is 45.4 Å². The van der Waals surface area contributed by atoms with Gasteiger partial charge in [-0.15, -0.1) is 0 Å². The Hall–Kier alpha value is -0.610. The van der Waals surface area contributed by atoms with E-state index >= 15 is 0 Å². The van der Waals surface area contributed by atoms with Gasteiger partial charge in [0.25, 0.3) is 0 Å². The molecule has 2 aliphatic heterocycles. The number of hydrogen-bond donors (Lipinski definition) is 2. The molecule has 4 heteroatoms. The van der Waals surface area contributed by atoms with E-state index in [1.165, 1.54) is 0 Å². The van der Waals surface area contributed by atoms with E-state index in [9.17, 15) is 9.90 Å². The first-order valence-electron chi connectivity index (χ1n) is 5.90. The number of carboxylic acid groups (broad SMARTS) is 1. The molecular formula is C11H20N2O2. The Morgan fingerprint density at radius 1 is 1.60 bits per heavy atom. The minimum Gasteiger partial charge on any atom is -0.480 e. The third-order valence-electron chi connectivity index (χ3n) is 3.90. The molecule has 2 rings (SSSR count). The summed E-state index contributed by atoms with van der Waals surface area (Å²) in [6, 6.07) is 0. The number of aliphatic carboxylic acids is 1. The summed E-state index contributed by atoms with van der Waals surface area (Å²) in [5, 5.41) is 12.7. The normalized spacial score (nSPS) is 40.1. The molecule has 2 N–H and O–H groups in total. The summed E-state index contributed by atoms with van der Waals surface area (Å²) < 4.78 is 0. The Balaban J connectivity index is 2.19. The van der Waals surface area contributed by atoms with Crippen molar-refractivity contribution in [3.63, 3.8) is 0 Å². The van der Waals surface area contributed by atoms with Gasteiger partial charge < -0.3 is 15.3 Å². The van der Waals surface area contributed by atoms with Crippen molar-refractivity contribution < 1.29 is 9.90 Å². The monoisotopic (exact) mass is 212 g/mol. The molecule has 0 aromatic heterocycles. The number of hydrogen-bond acceptors (Lipinski definition) is 3. The number of rotatable bonds is 3. The van der Waals surface area contributed by atoms with Gasteiger partial charge in [-0.25, -0.2) is 0 Å². The molecule has 0 spiro atoms. The van der Waals surface area contributed by atoms with E-state index in [1.807, 2.05) is 6.92 Å². The number of fused-ring (bicyclic) bond motifs is 2. The lowest BCUT2D eigenvalue weighted by atomic mass is 9.73. The van der Waals surface area contributed by atoms with Gasteiger partial charge in [-0.1, -0.05) is 6.92 Å². The molecule has 2 aliphatic rings. The Labute approximate surface area is 90.6 Å². The lowest BCUT2D eigenvalue weighted by Crippen LogP contribution is -2.65. The maximum atomic E-state index is 11.5. The summed E-state index contributed by atoms with van der Waals surface area (Å²) in [5.74, 6) is -0.367. The van der Waals surface area contributed by atoms with Crippen molar-refractivity contribution >= 4 is 5.97 Å². The van der Waals surface area contributed by atoms with E-state index in [2.05, 4.69) is 10.2 Å². The molecule has 4 nitrogen and oxygen atoms in total. The quantitative estimate of drug-likeness (QED) is 0.716. The number of carboxylic acids is 1. The summed E-state index contributed by atoms with van der Waals surface area (Å²) in [4.78, 5) is 13.9. The Morgan fingerprint density at radius 2 is 2.40 bits per heavy atom. The van der Waals surface area contributed by atoms with Crippen LogP contribution in [0.25, 0.3) is 0 Å². The second-order valence-electron chi connectivity index (χ2n) is 4.70. The summed E-state index contributed by atoms with van der Waals surface area (Å²) in [7, 11) is 0. The molecule has 0 aromatic carbocycles. The molecule has 0 aliphatic carbocycles. The van der Waals surface area contributed by atoms with Gasteiger partial charge in [0.05, 0.1) is 0 Å². The number of piperidine rings is 2. The van der Waals surface area contributed by atoms with Gasteiger partial charge in [0.2, 0.25) is 0 Å². The highest BCUT2D eigenvalue weighted by Crippen LogP contribution is 2.35. The molecule has 2 heterocycles. The third-order valence-corrected chi connectivity index (χ3v) is 3.90. The fourth-order valence-electron chi connectivity index (χ4n) is 3.10. The van der Waals surface area contributed by atoms with Crippen LogP contribution in [0.5, 0.6) is 0 Å². The molecular weight excluding hydrogens is 192 g/mol. The van der Waals surface area contributed by atoms with Gasteiger partial charge in [0.15, 0.2) is 0 Å². The van der Waals surface area contributed by atoms with E-state index < -0.39 is 11.5 Å². The maximum Gasteiger partial charge on any atom is 0.324 e. The zero-order valence-corrected chi connectivity index (χ0v) is 9.33. The zero-order chi connectivity index (χ0) is 10.9. The van der Waals surface area contributed by atoms with Crippen LogP contribution < -0.4 is 5.32 Å². The summed E-state index contributed by atoms with van der Waals surface area (Å²) in [5.41, 5.74) is -0.647. The predicted molar refractivity (Wildman–Crippen MR) is 57.8 cm³/mol. The predicted octanol–water partition coefficient (Wildman–Crippen LogP) is 0.535. The molecule has 2 fully saturated rings. The highest BCUT2D eigenvalue weighted by molar-refractivity contribution is 5.79. The maximum absolute atomic E-state index is 11.5. The molecule has 15 heavy (non-hydrogen) atoms. The second-order valence-corrected chi connectivity index (χ2v) is 4.70. The van der Waals surface area contributed by atoms with Gasteiger partial charge in [-0.05, 0) is 32.4 Å². The smallest absolute Gasteiger partial charge is 0.324 e. The minimum atomic E-state index is -0.657. The molecule has 3 unspecified atom stereocenters. The lowest BCUT2D eigenvalue weighted by Gasteiger charge is -2.48. The van der Waals surface area contributed by atoms with E-state index in [1.54, 1.807) is 0 Å². The molecule has 86 valence electrons. The number of nitrogens with one attached hydrogen (secondary N) is 1. The van der Waals surface area contributed by atoms with Crippen LogP contribution in [0.15, 0.2) is 0 Å². The van der Waals surface area contributed by atoms with Crippen LogP contribution >= 0.6 is 0 Å². The Morgan fingerprint density at radius 3 is 3.07 bits per heavy atom. The Kier molecular flexibility index (Phi) is 2.98. The van der Waals surface area contributed by atoms with Gasteiger partial charge in [0, 0.05) is 19.0 Å². The van der Waals surface area contributed by atoms with E-state index in [0.29, 0.717) is 0 Å². The van der Waals surface area contributed by atoms with Crippen molar-refractivity contribution in [3.8, 4) is 0 Å². The molecule has 3 atom stereocenters. The van der Waals surface area contributed by atoms with Crippen molar-refractivity contribution in [2.75, 3.05) is 26.2 Å². The van der Waals surface area contributed by atoms with E-state index in [4.69, 9.17) is 0 Å². The van der Waals surface area contributed by atoms with Crippen molar-refractivity contribution in [1.29, 1.82) is 0 Å². The summed E-state index contributed by atoms with van der Waals surface area (Å²) in [6.07, 6.45) is 2.95. The largest absolute Gasteiger partial charge is 0.480 e. The molecule has 2 bridgehead atoms. The zero-order valence-electron chi connectivity index (χ0n) is 9.33. The number of likely N-dealkylation sites (N-methyl/N-ethyl adjacent to an activating group) is 1. The first kappa shape index (κ1) is 10.9. The van der Waals surface area contributed by atoms with Crippen LogP contribution in [0.3, 0.4) is 0 Å². The SMILES string of the molecule is CCNC1(C(=O)O)CCN2CCCC1C2. The lowest BCUT2D eigenvalue weighted by molar-refractivity contribution is -0.151. The minimum absolute atomic E-state index is 0.289. The van der Waals surface area contributed by atoms with Crippen molar-refractivity contribution in [2.24, 2.45) is 5.92 Å². The number of carbonyl (C=O) groups is 1. The number of nitrogens with zero attached hydrogens (tertiary/aromatic N) is 1. The van der Waals surface area contributed by atoms with Gasteiger partial charge >= 0.3 is 5.97 Å². The van der Waals surface area contributed by atoms with Crippen LogP contribution in [-0.4, -0.2) is 47.7 Å². The van der Waals surface area contributed by atoms with Crippen LogP contribution in [0, 0.1) is 5.92 Å². The van der Waals surface area contributed by atoms with Gasteiger partial charge in [-0.2, -0.15) is 0 Å². The van der Waals surface area contributed by atoms with Crippen LogP contribution in [0.4, 0.5) is 0 Å². The topological polar surface area (TPSA) is 52.6 Å². The Bertz CT molecular complexity index is 257. The van der Waals surface area contributed by atoms with E-state index in [-0.39, 0.29) is 5.92 Å². The highest BCUT2D eigenvalue weighted by Gasteiger charge is 2.49. The average Bonchev–Trinajstić information content (AvgIpc) is 2.23. The van der Waals surface area contributed by atoms with Gasteiger partial charge in [0.1, 0.15) is 5.54 Å². The first-order chi connectivity index (χ1) is 7.19. The third kappa shape index (κ3) is 1.76. The first-order valence-corrected chi connectivity index (χ1v) is 5.90. The van der Waals surface area contributed by atoms with Crippen molar-refractivity contribution in [2.45, 2.75) is 31.7 Å². The molecule has 0 amide bonds. The molecule has 0 saturated carbocycles. The van der Waals surface area contributed by atoms with Crippen LogP contribution in [0.2, 0.25) is 0 Å². The second kappa shape index (κ2) is 4.10.